The molecule has 0 saturated carbocycles. The topological polar surface area (TPSA) is 80.0 Å². The first-order valence-electron chi connectivity index (χ1n) is 5.54. The van der Waals surface area contributed by atoms with E-state index in [1.165, 1.54) is 0 Å². The minimum atomic E-state index is -0.304. The molecule has 2 aromatic rings. The predicted molar refractivity (Wildman–Crippen MR) is 66.1 cm³/mol. The van der Waals surface area contributed by atoms with E-state index < -0.39 is 0 Å². The molecule has 1 aromatic heterocycles. The summed E-state index contributed by atoms with van der Waals surface area (Å²) < 4.78 is 4.80. The van der Waals surface area contributed by atoms with Crippen molar-refractivity contribution >= 4 is 11.7 Å². The predicted octanol–water partition coefficient (Wildman–Crippen LogP) is 2.01. The fourth-order valence-corrected chi connectivity index (χ4v) is 1.38. The van der Waals surface area contributed by atoms with E-state index in [4.69, 9.17) is 4.52 Å². The summed E-state index contributed by atoms with van der Waals surface area (Å²) in [5.41, 5.74) is 1.88. The molecule has 0 fully saturated rings. The number of rotatable bonds is 3. The van der Waals surface area contributed by atoms with Crippen LogP contribution in [0.1, 0.15) is 17.3 Å². The molecule has 0 unspecified atom stereocenters. The molecule has 2 amide bonds. The summed E-state index contributed by atoms with van der Waals surface area (Å²) in [5.74, 6) is 0.928. The number of amides is 2. The minimum absolute atomic E-state index is 0.231. The maximum absolute atomic E-state index is 11.6. The Balaban J connectivity index is 1.83. The van der Waals surface area contributed by atoms with Gasteiger partial charge < -0.3 is 15.2 Å². The van der Waals surface area contributed by atoms with Gasteiger partial charge in [0, 0.05) is 12.6 Å². The molecule has 0 spiro atoms. The Kier molecular flexibility index (Phi) is 3.57. The van der Waals surface area contributed by atoms with Crippen LogP contribution in [-0.2, 0) is 6.54 Å². The molecule has 0 aliphatic heterocycles. The number of carbonyl (C=O) groups excluding carboxylic acids is 1. The van der Waals surface area contributed by atoms with E-state index in [9.17, 15) is 4.79 Å². The molecule has 1 aromatic carbocycles. The Hall–Kier alpha value is -2.37. The van der Waals surface area contributed by atoms with Crippen LogP contribution < -0.4 is 10.6 Å². The number of aryl methyl sites for hydroxylation is 2. The molecular weight excluding hydrogens is 232 g/mol. The highest BCUT2D eigenvalue weighted by atomic mass is 16.5. The maximum Gasteiger partial charge on any atom is 0.319 e. The largest absolute Gasteiger partial charge is 0.340 e. The lowest BCUT2D eigenvalue weighted by Crippen LogP contribution is -2.28. The maximum atomic E-state index is 11.6. The number of carbonyl (C=O) groups is 1. The summed E-state index contributed by atoms with van der Waals surface area (Å²) in [6, 6.07) is 7.23. The van der Waals surface area contributed by atoms with Gasteiger partial charge in [0.05, 0.1) is 6.54 Å². The third kappa shape index (κ3) is 3.31. The van der Waals surface area contributed by atoms with Crippen molar-refractivity contribution in [2.45, 2.75) is 20.4 Å². The molecule has 0 aliphatic carbocycles. The van der Waals surface area contributed by atoms with Crippen LogP contribution in [0.4, 0.5) is 10.5 Å². The van der Waals surface area contributed by atoms with Crippen molar-refractivity contribution in [1.82, 2.24) is 15.5 Å². The van der Waals surface area contributed by atoms with E-state index in [2.05, 4.69) is 20.8 Å². The van der Waals surface area contributed by atoms with Crippen LogP contribution in [0.15, 0.2) is 28.8 Å². The Morgan fingerprint density at radius 1 is 1.28 bits per heavy atom. The monoisotopic (exact) mass is 246 g/mol. The molecule has 1 heterocycles. The van der Waals surface area contributed by atoms with Crippen molar-refractivity contribution in [3.8, 4) is 0 Å². The number of anilines is 1. The van der Waals surface area contributed by atoms with Crippen molar-refractivity contribution < 1.29 is 9.32 Å². The van der Waals surface area contributed by atoms with Gasteiger partial charge in [-0.25, -0.2) is 4.79 Å². The quantitative estimate of drug-likeness (QED) is 0.868. The third-order valence-corrected chi connectivity index (χ3v) is 2.29. The van der Waals surface area contributed by atoms with Gasteiger partial charge in [-0.3, -0.25) is 0 Å². The van der Waals surface area contributed by atoms with Crippen LogP contribution in [0.3, 0.4) is 0 Å². The SMILES string of the molecule is Cc1ccc(NC(=O)NCc2noc(C)n2)cc1. The summed E-state index contributed by atoms with van der Waals surface area (Å²) in [6.07, 6.45) is 0. The standard InChI is InChI=1S/C12H14N4O2/c1-8-3-5-10(6-4-8)15-12(17)13-7-11-14-9(2)18-16-11/h3-6H,7H2,1-2H3,(H2,13,15,17). The molecule has 2 rings (SSSR count). The normalized spacial score (nSPS) is 10.1. The second kappa shape index (κ2) is 5.31. The molecule has 6 heteroatoms. The molecular formula is C12H14N4O2. The lowest BCUT2D eigenvalue weighted by molar-refractivity contribution is 0.251. The fraction of sp³-hybridized carbons (Fsp3) is 0.250. The van der Waals surface area contributed by atoms with E-state index in [1.807, 2.05) is 31.2 Å². The van der Waals surface area contributed by atoms with Gasteiger partial charge in [-0.1, -0.05) is 22.9 Å². The van der Waals surface area contributed by atoms with Gasteiger partial charge in [0.1, 0.15) is 0 Å². The second-order valence-corrected chi connectivity index (χ2v) is 3.90. The summed E-state index contributed by atoms with van der Waals surface area (Å²) in [7, 11) is 0. The second-order valence-electron chi connectivity index (χ2n) is 3.90. The molecule has 0 atom stereocenters. The number of nitrogens with zero attached hydrogens (tertiary/aromatic N) is 2. The summed E-state index contributed by atoms with van der Waals surface area (Å²) in [5, 5.41) is 9.03. The van der Waals surface area contributed by atoms with Gasteiger partial charge in [0.25, 0.3) is 0 Å². The van der Waals surface area contributed by atoms with E-state index in [-0.39, 0.29) is 12.6 Å². The van der Waals surface area contributed by atoms with Crippen LogP contribution in [0.25, 0.3) is 0 Å². The van der Waals surface area contributed by atoms with Crippen molar-refractivity contribution in [3.63, 3.8) is 0 Å². The first kappa shape index (κ1) is 12.1. The van der Waals surface area contributed by atoms with Gasteiger partial charge in [0.2, 0.25) is 5.89 Å². The van der Waals surface area contributed by atoms with Gasteiger partial charge in [-0.05, 0) is 19.1 Å². The number of benzene rings is 1. The molecule has 6 nitrogen and oxygen atoms in total. The van der Waals surface area contributed by atoms with Gasteiger partial charge in [-0.2, -0.15) is 4.98 Å². The van der Waals surface area contributed by atoms with Gasteiger partial charge in [0.15, 0.2) is 5.82 Å². The van der Waals surface area contributed by atoms with E-state index >= 15 is 0 Å². The Bertz CT molecular complexity index is 533. The van der Waals surface area contributed by atoms with Crippen LogP contribution in [0, 0.1) is 13.8 Å². The van der Waals surface area contributed by atoms with Crippen LogP contribution in [0.2, 0.25) is 0 Å². The zero-order valence-corrected chi connectivity index (χ0v) is 10.2. The van der Waals surface area contributed by atoms with Crippen LogP contribution in [0.5, 0.6) is 0 Å². The average Bonchev–Trinajstić information content (AvgIpc) is 2.76. The number of urea groups is 1. The zero-order chi connectivity index (χ0) is 13.0. The lowest BCUT2D eigenvalue weighted by Gasteiger charge is -2.05. The van der Waals surface area contributed by atoms with Crippen molar-refractivity contribution in [1.29, 1.82) is 0 Å². The van der Waals surface area contributed by atoms with E-state index in [1.54, 1.807) is 6.92 Å². The molecule has 0 bridgehead atoms. The van der Waals surface area contributed by atoms with Crippen molar-refractivity contribution in [3.05, 3.63) is 41.5 Å². The molecule has 0 aliphatic rings. The van der Waals surface area contributed by atoms with Crippen LogP contribution in [-0.4, -0.2) is 16.2 Å². The molecule has 0 saturated heterocycles. The summed E-state index contributed by atoms with van der Waals surface area (Å²) in [4.78, 5) is 15.6. The number of nitrogens with one attached hydrogen (secondary N) is 2. The summed E-state index contributed by atoms with van der Waals surface area (Å²) >= 11 is 0. The molecule has 18 heavy (non-hydrogen) atoms. The molecule has 0 radical (unpaired) electrons. The van der Waals surface area contributed by atoms with Crippen LogP contribution >= 0.6 is 0 Å². The van der Waals surface area contributed by atoms with Gasteiger partial charge >= 0.3 is 6.03 Å². The zero-order valence-electron chi connectivity index (χ0n) is 10.2. The van der Waals surface area contributed by atoms with Gasteiger partial charge in [-0.15, -0.1) is 0 Å². The number of aromatic nitrogens is 2. The van der Waals surface area contributed by atoms with Crippen molar-refractivity contribution in [2.75, 3.05) is 5.32 Å². The highest BCUT2D eigenvalue weighted by Crippen LogP contribution is 2.08. The molecule has 2 N–H and O–H groups in total. The molecule has 94 valence electrons. The number of hydrogen-bond acceptors (Lipinski definition) is 4. The third-order valence-electron chi connectivity index (χ3n) is 2.29. The van der Waals surface area contributed by atoms with E-state index in [0.29, 0.717) is 11.7 Å². The smallest absolute Gasteiger partial charge is 0.319 e. The van der Waals surface area contributed by atoms with E-state index in [0.717, 1.165) is 11.3 Å². The minimum Gasteiger partial charge on any atom is -0.340 e. The first-order valence-corrected chi connectivity index (χ1v) is 5.54. The highest BCUT2D eigenvalue weighted by molar-refractivity contribution is 5.89. The highest BCUT2D eigenvalue weighted by Gasteiger charge is 2.05. The Morgan fingerprint density at radius 2 is 2.00 bits per heavy atom. The Morgan fingerprint density at radius 3 is 2.61 bits per heavy atom. The fourth-order valence-electron chi connectivity index (χ4n) is 1.38. The lowest BCUT2D eigenvalue weighted by atomic mass is 10.2. The average molecular weight is 246 g/mol. The summed E-state index contributed by atoms with van der Waals surface area (Å²) in [6.45, 7) is 3.92. The number of hydrogen-bond donors (Lipinski definition) is 2. The van der Waals surface area contributed by atoms with Crippen molar-refractivity contribution in [2.24, 2.45) is 0 Å². The first-order chi connectivity index (χ1) is 8.63. The Labute approximate surface area is 104 Å².